The Morgan fingerprint density at radius 1 is 1.29 bits per heavy atom. The van der Waals surface area contributed by atoms with Crippen molar-refractivity contribution in [2.45, 2.75) is 58.0 Å². The highest BCUT2D eigenvalue weighted by Gasteiger charge is 2.22. The van der Waals surface area contributed by atoms with Gasteiger partial charge in [-0.1, -0.05) is 38.3 Å². The second-order valence-electron chi connectivity index (χ2n) is 6.28. The maximum atomic E-state index is 12.2. The molecule has 1 unspecified atom stereocenters. The molecule has 0 saturated heterocycles. The topological polar surface area (TPSA) is 84.2 Å². The molecule has 1 aromatic rings. The molecule has 4 N–H and O–H groups in total. The monoisotopic (exact) mass is 353 g/mol. The molecular formula is C18H28ClN3O2. The van der Waals surface area contributed by atoms with Gasteiger partial charge in [0.1, 0.15) is 0 Å². The molecule has 6 heteroatoms. The number of hydrogen-bond acceptors (Lipinski definition) is 3. The van der Waals surface area contributed by atoms with E-state index in [0.717, 1.165) is 43.4 Å². The normalized spacial score (nSPS) is 15.4. The van der Waals surface area contributed by atoms with Crippen LogP contribution in [-0.4, -0.2) is 17.9 Å². The smallest absolute Gasteiger partial charge is 0.237 e. The van der Waals surface area contributed by atoms with Gasteiger partial charge in [0.2, 0.25) is 11.8 Å². The van der Waals surface area contributed by atoms with E-state index in [1.54, 1.807) is 0 Å². The number of benzene rings is 1. The largest absolute Gasteiger partial charge is 0.351 e. The fourth-order valence-electron chi connectivity index (χ4n) is 2.95. The zero-order chi connectivity index (χ0) is 16.7. The Labute approximate surface area is 150 Å². The second kappa shape index (κ2) is 10.3. The van der Waals surface area contributed by atoms with Crippen LogP contribution in [-0.2, 0) is 16.1 Å². The van der Waals surface area contributed by atoms with E-state index in [9.17, 15) is 9.59 Å². The third-order valence-corrected chi connectivity index (χ3v) is 4.32. The molecular weight excluding hydrogens is 326 g/mol. The summed E-state index contributed by atoms with van der Waals surface area (Å²) in [5.41, 5.74) is 7.52. The molecule has 0 aromatic heterocycles. The van der Waals surface area contributed by atoms with Crippen molar-refractivity contribution in [2.75, 3.05) is 5.32 Å². The van der Waals surface area contributed by atoms with Gasteiger partial charge in [-0.3, -0.25) is 9.59 Å². The number of halogens is 1. The van der Waals surface area contributed by atoms with Crippen LogP contribution in [0.3, 0.4) is 0 Å². The van der Waals surface area contributed by atoms with E-state index in [1.165, 1.54) is 0 Å². The van der Waals surface area contributed by atoms with Gasteiger partial charge in [0, 0.05) is 18.2 Å². The van der Waals surface area contributed by atoms with Crippen molar-refractivity contribution in [2.24, 2.45) is 11.7 Å². The summed E-state index contributed by atoms with van der Waals surface area (Å²) in [6.45, 7) is 2.42. The van der Waals surface area contributed by atoms with Gasteiger partial charge in [0.25, 0.3) is 0 Å². The van der Waals surface area contributed by atoms with Gasteiger partial charge in [0.15, 0.2) is 0 Å². The minimum Gasteiger partial charge on any atom is -0.351 e. The first-order valence-electron chi connectivity index (χ1n) is 8.53. The number of nitrogens with two attached hydrogens (primary N) is 1. The number of amides is 2. The zero-order valence-corrected chi connectivity index (χ0v) is 15.0. The van der Waals surface area contributed by atoms with Crippen LogP contribution in [0.25, 0.3) is 0 Å². The van der Waals surface area contributed by atoms with Crippen molar-refractivity contribution in [3.63, 3.8) is 0 Å². The molecule has 0 heterocycles. The quantitative estimate of drug-likeness (QED) is 0.704. The van der Waals surface area contributed by atoms with Gasteiger partial charge >= 0.3 is 0 Å². The van der Waals surface area contributed by atoms with Crippen LogP contribution in [0, 0.1) is 5.92 Å². The van der Waals surface area contributed by atoms with E-state index in [0.29, 0.717) is 13.0 Å². The lowest BCUT2D eigenvalue weighted by atomic mass is 10.1. The molecule has 1 saturated carbocycles. The molecule has 5 nitrogen and oxygen atoms in total. The van der Waals surface area contributed by atoms with Crippen LogP contribution in [0.2, 0.25) is 0 Å². The predicted molar refractivity (Wildman–Crippen MR) is 99.0 cm³/mol. The summed E-state index contributed by atoms with van der Waals surface area (Å²) in [7, 11) is 0. The average molecular weight is 354 g/mol. The Morgan fingerprint density at radius 3 is 2.67 bits per heavy atom. The highest BCUT2D eigenvalue weighted by Crippen LogP contribution is 2.26. The molecule has 1 aliphatic carbocycles. The first kappa shape index (κ1) is 20.5. The van der Waals surface area contributed by atoms with Gasteiger partial charge in [-0.15, -0.1) is 12.4 Å². The van der Waals surface area contributed by atoms with Crippen LogP contribution in [0.1, 0.15) is 51.0 Å². The lowest BCUT2D eigenvalue weighted by molar-refractivity contribution is -0.122. The molecule has 1 fully saturated rings. The highest BCUT2D eigenvalue weighted by atomic mass is 35.5. The summed E-state index contributed by atoms with van der Waals surface area (Å²) in [4.78, 5) is 24.0. The standard InChI is InChI=1S/C18H27N3O2.ClH/c1-2-6-16(19)18(23)20-12-13-7-5-10-15(11-13)21-17(22)14-8-3-4-9-14;/h5,7,10-11,14,16H,2-4,6,8-9,12,19H2,1H3,(H,20,23)(H,21,22);1H. The van der Waals surface area contributed by atoms with Crippen LogP contribution in [0.15, 0.2) is 24.3 Å². The summed E-state index contributed by atoms with van der Waals surface area (Å²) in [5.74, 6) is 0.117. The van der Waals surface area contributed by atoms with E-state index in [4.69, 9.17) is 5.73 Å². The Bertz CT molecular complexity index is 545. The van der Waals surface area contributed by atoms with E-state index >= 15 is 0 Å². The fraction of sp³-hybridized carbons (Fsp3) is 0.556. The summed E-state index contributed by atoms with van der Waals surface area (Å²) < 4.78 is 0. The number of rotatable bonds is 7. The minimum atomic E-state index is -0.453. The van der Waals surface area contributed by atoms with Crippen LogP contribution >= 0.6 is 12.4 Å². The summed E-state index contributed by atoms with van der Waals surface area (Å²) in [5, 5.41) is 5.82. The van der Waals surface area contributed by atoms with Crippen molar-refractivity contribution in [1.82, 2.24) is 5.32 Å². The van der Waals surface area contributed by atoms with Crippen molar-refractivity contribution in [3.05, 3.63) is 29.8 Å². The van der Waals surface area contributed by atoms with Gasteiger partial charge < -0.3 is 16.4 Å². The van der Waals surface area contributed by atoms with Crippen molar-refractivity contribution in [1.29, 1.82) is 0 Å². The lowest BCUT2D eigenvalue weighted by Gasteiger charge is -2.13. The Morgan fingerprint density at radius 2 is 2.00 bits per heavy atom. The predicted octanol–water partition coefficient (Wildman–Crippen LogP) is 2.98. The van der Waals surface area contributed by atoms with Crippen molar-refractivity contribution >= 4 is 29.9 Å². The summed E-state index contributed by atoms with van der Waals surface area (Å²) >= 11 is 0. The van der Waals surface area contributed by atoms with Crippen molar-refractivity contribution in [3.8, 4) is 0 Å². The Balaban J connectivity index is 0.00000288. The first-order chi connectivity index (χ1) is 11.1. The molecule has 1 aliphatic rings. The molecule has 1 atom stereocenters. The summed E-state index contributed by atoms with van der Waals surface area (Å²) in [6, 6.07) is 7.14. The number of anilines is 1. The lowest BCUT2D eigenvalue weighted by Crippen LogP contribution is -2.40. The summed E-state index contributed by atoms with van der Waals surface area (Å²) in [6.07, 6.45) is 5.82. The zero-order valence-electron chi connectivity index (χ0n) is 14.2. The van der Waals surface area contributed by atoms with E-state index in [2.05, 4.69) is 10.6 Å². The molecule has 0 bridgehead atoms. The molecule has 2 rings (SSSR count). The SMILES string of the molecule is CCCC(N)C(=O)NCc1cccc(NC(=O)C2CCCC2)c1.Cl. The first-order valence-corrected chi connectivity index (χ1v) is 8.53. The fourth-order valence-corrected chi connectivity index (χ4v) is 2.95. The maximum Gasteiger partial charge on any atom is 0.237 e. The minimum absolute atomic E-state index is 0. The van der Waals surface area contributed by atoms with Gasteiger partial charge in [-0.2, -0.15) is 0 Å². The van der Waals surface area contributed by atoms with Gasteiger partial charge in [0.05, 0.1) is 6.04 Å². The number of carbonyl (C=O) groups is 2. The molecule has 0 aliphatic heterocycles. The van der Waals surface area contributed by atoms with E-state index < -0.39 is 6.04 Å². The Hall–Kier alpha value is -1.59. The van der Waals surface area contributed by atoms with Gasteiger partial charge in [-0.05, 0) is 37.0 Å². The molecule has 0 radical (unpaired) electrons. The number of hydrogen-bond donors (Lipinski definition) is 3. The van der Waals surface area contributed by atoms with E-state index in [-0.39, 0.29) is 30.1 Å². The van der Waals surface area contributed by atoms with Crippen LogP contribution in [0.4, 0.5) is 5.69 Å². The van der Waals surface area contributed by atoms with Crippen LogP contribution in [0.5, 0.6) is 0 Å². The highest BCUT2D eigenvalue weighted by molar-refractivity contribution is 5.92. The maximum absolute atomic E-state index is 12.2. The number of nitrogens with one attached hydrogen (secondary N) is 2. The molecule has 1 aromatic carbocycles. The second-order valence-corrected chi connectivity index (χ2v) is 6.28. The van der Waals surface area contributed by atoms with Gasteiger partial charge in [-0.25, -0.2) is 0 Å². The molecule has 134 valence electrons. The van der Waals surface area contributed by atoms with Crippen LogP contribution < -0.4 is 16.4 Å². The third kappa shape index (κ3) is 6.13. The Kier molecular flexibility index (Phi) is 8.79. The molecule has 24 heavy (non-hydrogen) atoms. The molecule has 2 amide bonds. The third-order valence-electron chi connectivity index (χ3n) is 4.32. The number of carbonyl (C=O) groups excluding carboxylic acids is 2. The average Bonchev–Trinajstić information content (AvgIpc) is 3.08. The van der Waals surface area contributed by atoms with Crippen molar-refractivity contribution < 1.29 is 9.59 Å². The van der Waals surface area contributed by atoms with E-state index in [1.807, 2.05) is 31.2 Å². The molecule has 0 spiro atoms.